The van der Waals surface area contributed by atoms with Crippen LogP contribution in [0.1, 0.15) is 71.2 Å². The van der Waals surface area contributed by atoms with Crippen molar-refractivity contribution in [2.45, 2.75) is 72.5 Å². The van der Waals surface area contributed by atoms with Crippen molar-refractivity contribution in [1.82, 2.24) is 0 Å². The molecule has 0 unspecified atom stereocenters. The molecule has 1 saturated carbocycles. The molecule has 4 nitrogen and oxygen atoms in total. The number of esters is 1. The maximum atomic E-state index is 12.7. The number of hydrogen-bond acceptors (Lipinski definition) is 4. The normalized spacial score (nSPS) is 23.0. The summed E-state index contributed by atoms with van der Waals surface area (Å²) in [5.74, 6) is 0.629. The van der Waals surface area contributed by atoms with Gasteiger partial charge in [-0.15, -0.1) is 0 Å². The predicted molar refractivity (Wildman–Crippen MR) is 97.8 cm³/mol. The Morgan fingerprint density at radius 3 is 2.48 bits per heavy atom. The summed E-state index contributed by atoms with van der Waals surface area (Å²) in [5, 5.41) is 0. The van der Waals surface area contributed by atoms with Gasteiger partial charge in [0.1, 0.15) is 11.9 Å². The van der Waals surface area contributed by atoms with Crippen LogP contribution in [0.15, 0.2) is 24.3 Å². The lowest BCUT2D eigenvalue weighted by atomic mass is 9.71. The second kappa shape index (κ2) is 7.19. The summed E-state index contributed by atoms with van der Waals surface area (Å²) in [7, 11) is 0. The molecule has 1 aromatic carbocycles. The quantitative estimate of drug-likeness (QED) is 0.567. The third-order valence-electron chi connectivity index (χ3n) is 4.73. The number of ether oxygens (including phenoxy) is 2. The van der Waals surface area contributed by atoms with Crippen LogP contribution in [-0.2, 0) is 9.53 Å². The van der Waals surface area contributed by atoms with E-state index in [1.807, 2.05) is 0 Å². The third-order valence-corrected chi connectivity index (χ3v) is 4.73. The first-order valence-corrected chi connectivity index (χ1v) is 9.00. The highest BCUT2D eigenvalue weighted by molar-refractivity contribution is 5.94. The van der Waals surface area contributed by atoms with Crippen LogP contribution < -0.4 is 4.74 Å². The highest BCUT2D eigenvalue weighted by Crippen LogP contribution is 2.40. The van der Waals surface area contributed by atoms with E-state index >= 15 is 0 Å². The van der Waals surface area contributed by atoms with E-state index in [1.54, 1.807) is 38.1 Å². The molecule has 0 N–H and O–H groups in total. The third kappa shape index (κ3) is 5.32. The number of rotatable bonds is 5. The molecule has 0 saturated heterocycles. The van der Waals surface area contributed by atoms with E-state index in [9.17, 15) is 9.59 Å². The van der Waals surface area contributed by atoms with Gasteiger partial charge in [0.15, 0.2) is 11.4 Å². The minimum Gasteiger partial charge on any atom is -0.476 e. The Bertz CT molecular complexity index is 645. The van der Waals surface area contributed by atoms with Crippen molar-refractivity contribution in [1.29, 1.82) is 0 Å². The molecular formula is C21H30O4. The molecule has 1 aliphatic rings. The summed E-state index contributed by atoms with van der Waals surface area (Å²) >= 11 is 0. The number of carbonyl (C=O) groups is 2. The van der Waals surface area contributed by atoms with Crippen molar-refractivity contribution in [3.63, 3.8) is 0 Å². The summed E-state index contributed by atoms with van der Waals surface area (Å²) in [6, 6.07) is 6.88. The van der Waals surface area contributed by atoms with E-state index in [-0.39, 0.29) is 23.3 Å². The molecule has 0 aromatic heterocycles. The number of Topliss-reactive ketones (excluding diaryl/α,β-unsaturated/α-hetero) is 1. The minimum atomic E-state index is -1.11. The molecular weight excluding hydrogens is 316 g/mol. The highest BCUT2D eigenvalue weighted by Gasteiger charge is 2.38. The van der Waals surface area contributed by atoms with Gasteiger partial charge >= 0.3 is 5.97 Å². The topological polar surface area (TPSA) is 52.6 Å². The zero-order valence-electron chi connectivity index (χ0n) is 16.2. The molecule has 0 amide bonds. The summed E-state index contributed by atoms with van der Waals surface area (Å²) in [5.41, 5.74) is -0.367. The SMILES string of the molecule is CC(=O)c1cccc(OC(C)(C)C(=O)O[C@H]2C[C@H](C)CC(C)(C)C2)c1. The lowest BCUT2D eigenvalue weighted by Crippen LogP contribution is -2.43. The first-order chi connectivity index (χ1) is 11.5. The van der Waals surface area contributed by atoms with Crippen LogP contribution in [0.5, 0.6) is 5.75 Å². The first kappa shape index (κ1) is 19.5. The highest BCUT2D eigenvalue weighted by atomic mass is 16.6. The Morgan fingerprint density at radius 2 is 1.88 bits per heavy atom. The van der Waals surface area contributed by atoms with Crippen LogP contribution >= 0.6 is 0 Å². The van der Waals surface area contributed by atoms with E-state index in [2.05, 4.69) is 20.8 Å². The molecule has 0 radical (unpaired) electrons. The number of benzene rings is 1. The molecule has 0 spiro atoms. The van der Waals surface area contributed by atoms with Crippen LogP contribution in [0.2, 0.25) is 0 Å². The second-order valence-corrected chi connectivity index (χ2v) is 8.64. The van der Waals surface area contributed by atoms with Crippen LogP contribution in [0.25, 0.3) is 0 Å². The average Bonchev–Trinajstić information content (AvgIpc) is 2.44. The fourth-order valence-corrected chi connectivity index (χ4v) is 3.76. The van der Waals surface area contributed by atoms with Gasteiger partial charge in [-0.25, -0.2) is 4.79 Å². The van der Waals surface area contributed by atoms with Crippen molar-refractivity contribution in [3.8, 4) is 5.75 Å². The maximum Gasteiger partial charge on any atom is 0.350 e. The summed E-state index contributed by atoms with van der Waals surface area (Å²) in [4.78, 5) is 24.2. The van der Waals surface area contributed by atoms with Gasteiger partial charge < -0.3 is 9.47 Å². The number of carbonyl (C=O) groups excluding carboxylic acids is 2. The van der Waals surface area contributed by atoms with Gasteiger partial charge in [0.25, 0.3) is 0 Å². The Balaban J connectivity index is 2.04. The summed E-state index contributed by atoms with van der Waals surface area (Å²) in [6.07, 6.45) is 2.85. The van der Waals surface area contributed by atoms with E-state index in [4.69, 9.17) is 9.47 Å². The van der Waals surface area contributed by atoms with Gasteiger partial charge in [-0.2, -0.15) is 0 Å². The average molecular weight is 346 g/mol. The van der Waals surface area contributed by atoms with Crippen molar-refractivity contribution >= 4 is 11.8 Å². The van der Waals surface area contributed by atoms with Crippen LogP contribution in [0, 0.1) is 11.3 Å². The molecule has 1 aromatic rings. The van der Waals surface area contributed by atoms with Crippen molar-refractivity contribution in [2.75, 3.05) is 0 Å². The van der Waals surface area contributed by atoms with Gasteiger partial charge in [-0.3, -0.25) is 4.79 Å². The van der Waals surface area contributed by atoms with Gasteiger partial charge in [0.2, 0.25) is 0 Å². The largest absolute Gasteiger partial charge is 0.476 e. The lowest BCUT2D eigenvalue weighted by molar-refractivity contribution is -0.169. The predicted octanol–water partition coefficient (Wildman–Crippen LogP) is 4.80. The Hall–Kier alpha value is -1.84. The minimum absolute atomic E-state index is 0.0377. The zero-order chi connectivity index (χ0) is 18.8. The number of ketones is 1. The van der Waals surface area contributed by atoms with E-state index in [1.165, 1.54) is 6.92 Å². The smallest absolute Gasteiger partial charge is 0.350 e. The van der Waals surface area contributed by atoms with Gasteiger partial charge in [0.05, 0.1) is 0 Å². The molecule has 25 heavy (non-hydrogen) atoms. The Morgan fingerprint density at radius 1 is 1.20 bits per heavy atom. The van der Waals surface area contributed by atoms with E-state index in [0.29, 0.717) is 17.2 Å². The lowest BCUT2D eigenvalue weighted by Gasteiger charge is -2.39. The van der Waals surface area contributed by atoms with Crippen molar-refractivity contribution < 1.29 is 19.1 Å². The van der Waals surface area contributed by atoms with Crippen molar-refractivity contribution in [3.05, 3.63) is 29.8 Å². The molecule has 2 atom stereocenters. The van der Waals surface area contributed by atoms with Crippen molar-refractivity contribution in [2.24, 2.45) is 11.3 Å². The molecule has 138 valence electrons. The zero-order valence-corrected chi connectivity index (χ0v) is 16.2. The van der Waals surface area contributed by atoms with Gasteiger partial charge in [0, 0.05) is 5.56 Å². The van der Waals surface area contributed by atoms with Crippen LogP contribution in [-0.4, -0.2) is 23.5 Å². The fourth-order valence-electron chi connectivity index (χ4n) is 3.76. The Labute approximate surface area is 150 Å². The molecule has 1 aliphatic carbocycles. The molecule has 0 heterocycles. The van der Waals surface area contributed by atoms with Crippen LogP contribution in [0.3, 0.4) is 0 Å². The summed E-state index contributed by atoms with van der Waals surface area (Å²) < 4.78 is 11.6. The van der Waals surface area contributed by atoms with E-state index < -0.39 is 5.60 Å². The molecule has 0 bridgehead atoms. The molecule has 2 rings (SSSR count). The maximum absolute atomic E-state index is 12.7. The molecule has 4 heteroatoms. The molecule has 0 aliphatic heterocycles. The molecule has 1 fully saturated rings. The first-order valence-electron chi connectivity index (χ1n) is 9.00. The standard InChI is InChI=1S/C21H30O4/c1-14-10-18(13-20(3,4)12-14)24-19(23)21(5,6)25-17-9-7-8-16(11-17)15(2)22/h7-9,11,14,18H,10,12-13H2,1-6H3/t14-,18-/m0/s1. The van der Waals surface area contributed by atoms with E-state index in [0.717, 1.165) is 19.3 Å². The fraction of sp³-hybridized carbons (Fsp3) is 0.619. The van der Waals surface area contributed by atoms with Gasteiger partial charge in [-0.1, -0.05) is 32.9 Å². The second-order valence-electron chi connectivity index (χ2n) is 8.64. The monoisotopic (exact) mass is 346 g/mol. The van der Waals surface area contributed by atoms with Gasteiger partial charge in [-0.05, 0) is 63.5 Å². The Kier molecular flexibility index (Phi) is 5.60. The summed E-state index contributed by atoms with van der Waals surface area (Å²) in [6.45, 7) is 11.6. The number of hydrogen-bond donors (Lipinski definition) is 0. The van der Waals surface area contributed by atoms with Crippen LogP contribution in [0.4, 0.5) is 0 Å².